The molecule has 3 rings (SSSR count). The van der Waals surface area contributed by atoms with E-state index < -0.39 is 29.4 Å². The molecule has 3 nitrogen and oxygen atoms in total. The summed E-state index contributed by atoms with van der Waals surface area (Å²) >= 11 is 5.86. The van der Waals surface area contributed by atoms with Crippen LogP contribution in [0.15, 0.2) is 42.5 Å². The van der Waals surface area contributed by atoms with Crippen molar-refractivity contribution >= 4 is 23.2 Å². The van der Waals surface area contributed by atoms with E-state index in [2.05, 4.69) is 11.8 Å². The molecule has 31 heavy (non-hydrogen) atoms. The Morgan fingerprint density at radius 1 is 0.871 bits per heavy atom. The monoisotopic (exact) mass is 460 g/mol. The van der Waals surface area contributed by atoms with E-state index in [1.807, 2.05) is 0 Å². The third-order valence-corrected chi connectivity index (χ3v) is 4.93. The predicted octanol–water partition coefficient (Wildman–Crippen LogP) is 5.08. The van der Waals surface area contributed by atoms with Gasteiger partial charge in [0.05, 0.1) is 16.8 Å². The minimum absolute atomic E-state index is 0.0528. The smallest absolute Gasteiger partial charge is 0.367 e. The van der Waals surface area contributed by atoms with Crippen LogP contribution in [0, 0.1) is 11.8 Å². The summed E-state index contributed by atoms with van der Waals surface area (Å²) in [6, 6.07) is 7.41. The van der Waals surface area contributed by atoms with Gasteiger partial charge in [-0.2, -0.15) is 26.3 Å². The fraction of sp³-hybridized carbons (Fsp3) is 0.286. The van der Waals surface area contributed by atoms with E-state index in [1.54, 1.807) is 0 Å². The number of nitrogens with zero attached hydrogens (tertiary/aromatic N) is 2. The number of alkyl halides is 6. The van der Waals surface area contributed by atoms with Gasteiger partial charge in [0.2, 0.25) is 0 Å². The van der Waals surface area contributed by atoms with Crippen LogP contribution < -0.4 is 4.90 Å². The molecule has 0 spiro atoms. The molecule has 0 atom stereocenters. The second-order valence-electron chi connectivity index (χ2n) is 6.76. The summed E-state index contributed by atoms with van der Waals surface area (Å²) in [6.45, 7) is 0.586. The zero-order valence-electron chi connectivity index (χ0n) is 15.8. The Labute approximate surface area is 179 Å². The molecule has 2 aromatic carbocycles. The van der Waals surface area contributed by atoms with E-state index in [0.717, 1.165) is 18.2 Å². The highest BCUT2D eigenvalue weighted by atomic mass is 35.5. The topological polar surface area (TPSA) is 23.6 Å². The lowest BCUT2D eigenvalue weighted by atomic mass is 10.1. The Bertz CT molecular complexity index is 1010. The molecule has 1 saturated heterocycles. The lowest BCUT2D eigenvalue weighted by Gasteiger charge is -2.36. The number of anilines is 1. The number of hydrogen-bond acceptors (Lipinski definition) is 2. The highest BCUT2D eigenvalue weighted by Crippen LogP contribution is 2.38. The SMILES string of the molecule is O=C(C#Cc1ccc(C(F)(F)F)cc1)N1CCN(c2cc(Cl)ccc2C(F)(F)F)CC1. The number of halogens is 7. The highest BCUT2D eigenvalue weighted by molar-refractivity contribution is 6.30. The summed E-state index contributed by atoms with van der Waals surface area (Å²) in [5.74, 6) is 4.32. The standard InChI is InChI=1S/C21H15ClF6N2O/c22-16-6-7-17(21(26,27)28)18(13-16)29-9-11-30(12-10-29)19(31)8-3-14-1-4-15(5-2-14)20(23,24)25/h1-2,4-7,13H,9-12H2. The summed E-state index contributed by atoms with van der Waals surface area (Å²) in [5, 5.41) is 0.170. The zero-order valence-corrected chi connectivity index (χ0v) is 16.6. The fourth-order valence-electron chi connectivity index (χ4n) is 3.10. The van der Waals surface area contributed by atoms with E-state index >= 15 is 0 Å². The molecule has 0 aromatic heterocycles. The molecule has 1 fully saturated rings. The van der Waals surface area contributed by atoms with Crippen LogP contribution in [0.5, 0.6) is 0 Å². The van der Waals surface area contributed by atoms with E-state index in [-0.39, 0.29) is 42.5 Å². The number of carbonyl (C=O) groups is 1. The second-order valence-corrected chi connectivity index (χ2v) is 7.20. The largest absolute Gasteiger partial charge is 0.418 e. The van der Waals surface area contributed by atoms with Crippen molar-refractivity contribution in [3.8, 4) is 11.8 Å². The molecule has 0 saturated carbocycles. The Morgan fingerprint density at radius 3 is 2.03 bits per heavy atom. The Hall–Kier alpha value is -2.86. The van der Waals surface area contributed by atoms with Gasteiger partial charge in [-0.15, -0.1) is 0 Å². The molecule has 1 amide bonds. The van der Waals surface area contributed by atoms with E-state index in [4.69, 9.17) is 11.6 Å². The maximum Gasteiger partial charge on any atom is 0.418 e. The maximum atomic E-state index is 13.3. The Morgan fingerprint density at radius 2 is 1.48 bits per heavy atom. The van der Waals surface area contributed by atoms with Gasteiger partial charge in [-0.1, -0.05) is 17.5 Å². The van der Waals surface area contributed by atoms with Crippen LogP contribution in [0.1, 0.15) is 16.7 Å². The quantitative estimate of drug-likeness (QED) is 0.438. The predicted molar refractivity (Wildman–Crippen MR) is 104 cm³/mol. The van der Waals surface area contributed by atoms with Crippen LogP contribution in [-0.4, -0.2) is 37.0 Å². The first kappa shape index (κ1) is 22.8. The summed E-state index contributed by atoms with van der Waals surface area (Å²) in [6.07, 6.45) is -9.00. The molecule has 0 unspecified atom stereocenters. The Kier molecular flexibility index (Phi) is 6.41. The van der Waals surface area contributed by atoms with Crippen molar-refractivity contribution in [3.05, 3.63) is 64.2 Å². The number of piperazine rings is 1. The van der Waals surface area contributed by atoms with Gasteiger partial charge >= 0.3 is 12.4 Å². The third kappa shape index (κ3) is 5.64. The van der Waals surface area contributed by atoms with E-state index in [9.17, 15) is 31.1 Å². The van der Waals surface area contributed by atoms with Crippen molar-refractivity contribution in [3.63, 3.8) is 0 Å². The van der Waals surface area contributed by atoms with E-state index in [0.29, 0.717) is 0 Å². The second kappa shape index (κ2) is 8.71. The van der Waals surface area contributed by atoms with Crippen LogP contribution in [0.4, 0.5) is 32.0 Å². The normalized spacial score (nSPS) is 14.8. The van der Waals surface area contributed by atoms with Crippen LogP contribution in [0.25, 0.3) is 0 Å². The minimum Gasteiger partial charge on any atom is -0.367 e. The van der Waals surface area contributed by atoms with Crippen molar-refractivity contribution in [2.45, 2.75) is 12.4 Å². The van der Waals surface area contributed by atoms with E-state index in [1.165, 1.54) is 34.1 Å². The number of benzene rings is 2. The van der Waals surface area contributed by atoms with Gasteiger partial charge in [0.25, 0.3) is 5.91 Å². The molecule has 0 aliphatic carbocycles. The zero-order chi connectivity index (χ0) is 22.8. The van der Waals surface area contributed by atoms with Crippen LogP contribution in [0.2, 0.25) is 5.02 Å². The molecule has 10 heteroatoms. The van der Waals surface area contributed by atoms with Gasteiger partial charge in [0.1, 0.15) is 0 Å². The molecule has 2 aromatic rings. The first-order chi connectivity index (χ1) is 14.4. The van der Waals surface area contributed by atoms with Crippen molar-refractivity contribution in [2.24, 2.45) is 0 Å². The lowest BCUT2D eigenvalue weighted by Crippen LogP contribution is -2.48. The van der Waals surface area contributed by atoms with Gasteiger partial charge in [0.15, 0.2) is 0 Å². The average molecular weight is 461 g/mol. The van der Waals surface area contributed by atoms with Crippen molar-refractivity contribution in [2.75, 3.05) is 31.1 Å². The van der Waals surface area contributed by atoms with Crippen LogP contribution in [-0.2, 0) is 17.1 Å². The van der Waals surface area contributed by atoms with Crippen molar-refractivity contribution < 1.29 is 31.1 Å². The number of amides is 1. The molecular formula is C21H15ClF6N2O. The average Bonchev–Trinajstić information content (AvgIpc) is 2.71. The maximum absolute atomic E-state index is 13.3. The molecule has 0 N–H and O–H groups in total. The molecule has 164 valence electrons. The van der Waals surface area contributed by atoms with Gasteiger partial charge in [0, 0.05) is 42.7 Å². The molecule has 1 heterocycles. The number of carbonyl (C=O) groups excluding carboxylic acids is 1. The summed E-state index contributed by atoms with van der Waals surface area (Å²) in [4.78, 5) is 15.2. The van der Waals surface area contributed by atoms with Gasteiger partial charge in [-0.05, 0) is 42.5 Å². The van der Waals surface area contributed by atoms with Gasteiger partial charge < -0.3 is 9.80 Å². The summed E-state index contributed by atoms with van der Waals surface area (Å²) < 4.78 is 77.5. The first-order valence-corrected chi connectivity index (χ1v) is 9.43. The molecule has 1 aliphatic rings. The van der Waals surface area contributed by atoms with Crippen LogP contribution in [0.3, 0.4) is 0 Å². The summed E-state index contributed by atoms with van der Waals surface area (Å²) in [7, 11) is 0. The minimum atomic E-state index is -4.54. The highest BCUT2D eigenvalue weighted by Gasteiger charge is 2.36. The summed E-state index contributed by atoms with van der Waals surface area (Å²) in [5.41, 5.74) is -1.44. The number of rotatable bonds is 1. The molecular weight excluding hydrogens is 446 g/mol. The Balaban J connectivity index is 1.65. The number of hydrogen-bond donors (Lipinski definition) is 0. The van der Waals surface area contributed by atoms with Gasteiger partial charge in [-0.3, -0.25) is 4.79 Å². The third-order valence-electron chi connectivity index (χ3n) is 4.70. The van der Waals surface area contributed by atoms with Crippen molar-refractivity contribution in [1.82, 2.24) is 4.90 Å². The van der Waals surface area contributed by atoms with Crippen molar-refractivity contribution in [1.29, 1.82) is 0 Å². The molecule has 1 aliphatic heterocycles. The van der Waals surface area contributed by atoms with Gasteiger partial charge in [-0.25, -0.2) is 0 Å². The first-order valence-electron chi connectivity index (χ1n) is 9.05. The molecule has 0 radical (unpaired) electrons. The van der Waals surface area contributed by atoms with Crippen LogP contribution >= 0.6 is 11.6 Å². The lowest BCUT2D eigenvalue weighted by molar-refractivity contribution is -0.138. The molecule has 0 bridgehead atoms. The fourth-order valence-corrected chi connectivity index (χ4v) is 3.27.